The first-order chi connectivity index (χ1) is 8.25. The Morgan fingerprint density at radius 3 is 2.61 bits per heavy atom. The molecule has 2 aliphatic rings. The predicted molar refractivity (Wildman–Crippen MR) is 62.6 cm³/mol. The third-order valence-corrected chi connectivity index (χ3v) is 4.39. The highest BCUT2D eigenvalue weighted by Crippen LogP contribution is 2.56. The third-order valence-electron chi connectivity index (χ3n) is 4.39. The zero-order valence-corrected chi connectivity index (χ0v) is 11.1. The Bertz CT molecular complexity index is 358. The van der Waals surface area contributed by atoms with Crippen molar-refractivity contribution in [2.24, 2.45) is 5.41 Å². The lowest BCUT2D eigenvalue weighted by Gasteiger charge is -2.66. The van der Waals surface area contributed by atoms with Gasteiger partial charge in [0, 0.05) is 25.9 Å². The first-order valence-electron chi connectivity index (χ1n) is 6.11. The van der Waals surface area contributed by atoms with Crippen LogP contribution in [-0.4, -0.2) is 53.4 Å². The van der Waals surface area contributed by atoms with Crippen LogP contribution in [0.25, 0.3) is 0 Å². The van der Waals surface area contributed by atoms with E-state index in [-0.39, 0.29) is 5.91 Å². The number of aliphatic hydroxyl groups excluding tert-OH is 1. The van der Waals surface area contributed by atoms with E-state index >= 15 is 0 Å². The largest absolute Gasteiger partial charge is 0.390 e. The van der Waals surface area contributed by atoms with Crippen molar-refractivity contribution in [2.45, 2.75) is 57.3 Å². The van der Waals surface area contributed by atoms with E-state index in [1.807, 2.05) is 0 Å². The number of nitrogens with one attached hydrogen (secondary N) is 1. The standard InChI is InChI=1S/C12H21NO5/c1-6(14)13-7-5-8(17-4)18-10-9(15)11(2,3)12(7,10)16/h7-10,15-16H,5H2,1-4H3,(H,13,14)/t7-,8+,9?,10-,12+/m1/s1. The predicted octanol–water partition coefficient (Wildman–Crippen LogP) is -0.616. The number of methoxy groups -OCH3 is 1. The fourth-order valence-electron chi connectivity index (χ4n) is 3.11. The Morgan fingerprint density at radius 2 is 2.11 bits per heavy atom. The summed E-state index contributed by atoms with van der Waals surface area (Å²) in [5.74, 6) is -0.221. The molecule has 18 heavy (non-hydrogen) atoms. The third kappa shape index (κ3) is 1.60. The van der Waals surface area contributed by atoms with Crippen molar-refractivity contribution < 1.29 is 24.5 Å². The number of fused-ring (bicyclic) bond motifs is 1. The molecule has 6 heteroatoms. The highest BCUT2D eigenvalue weighted by atomic mass is 16.7. The molecule has 2 rings (SSSR count). The molecular formula is C12H21NO5. The van der Waals surface area contributed by atoms with Crippen LogP contribution in [0.5, 0.6) is 0 Å². The van der Waals surface area contributed by atoms with Gasteiger partial charge in [0.1, 0.15) is 11.7 Å². The minimum Gasteiger partial charge on any atom is -0.390 e. The van der Waals surface area contributed by atoms with Crippen LogP contribution in [0.1, 0.15) is 27.2 Å². The monoisotopic (exact) mass is 259 g/mol. The molecule has 0 aromatic rings. The summed E-state index contributed by atoms with van der Waals surface area (Å²) in [4.78, 5) is 11.3. The van der Waals surface area contributed by atoms with Crippen molar-refractivity contribution in [3.05, 3.63) is 0 Å². The number of amides is 1. The molecule has 0 aromatic carbocycles. The van der Waals surface area contributed by atoms with Crippen LogP contribution in [0.2, 0.25) is 0 Å². The number of hydrogen-bond donors (Lipinski definition) is 3. The fraction of sp³-hybridized carbons (Fsp3) is 0.917. The van der Waals surface area contributed by atoms with E-state index in [1.54, 1.807) is 13.8 Å². The van der Waals surface area contributed by atoms with Gasteiger partial charge in [0.2, 0.25) is 5.91 Å². The number of ether oxygens (including phenoxy) is 2. The van der Waals surface area contributed by atoms with Crippen LogP contribution >= 0.6 is 0 Å². The average molecular weight is 259 g/mol. The maximum Gasteiger partial charge on any atom is 0.217 e. The molecule has 2 fully saturated rings. The number of carbonyl (C=O) groups is 1. The lowest BCUT2D eigenvalue weighted by Crippen LogP contribution is -2.84. The Labute approximate surface area is 106 Å². The molecule has 1 saturated heterocycles. The van der Waals surface area contributed by atoms with Gasteiger partial charge in [-0.3, -0.25) is 4.79 Å². The highest BCUT2D eigenvalue weighted by molar-refractivity contribution is 5.73. The van der Waals surface area contributed by atoms with Gasteiger partial charge in [-0.15, -0.1) is 0 Å². The average Bonchev–Trinajstić information content (AvgIpc) is 2.30. The van der Waals surface area contributed by atoms with Crippen LogP contribution < -0.4 is 5.32 Å². The normalized spacial score (nSPS) is 45.9. The molecule has 1 aliphatic heterocycles. The zero-order chi connectivity index (χ0) is 13.7. The van der Waals surface area contributed by atoms with Crippen molar-refractivity contribution in [1.29, 1.82) is 0 Å². The molecule has 1 aliphatic carbocycles. The zero-order valence-electron chi connectivity index (χ0n) is 11.1. The maximum absolute atomic E-state index is 11.3. The molecule has 1 unspecified atom stereocenters. The van der Waals surface area contributed by atoms with Gasteiger partial charge in [0.25, 0.3) is 0 Å². The van der Waals surface area contributed by atoms with E-state index in [0.717, 1.165) is 0 Å². The first-order valence-corrected chi connectivity index (χ1v) is 6.11. The van der Waals surface area contributed by atoms with Crippen LogP contribution in [-0.2, 0) is 14.3 Å². The van der Waals surface area contributed by atoms with Crippen molar-refractivity contribution in [1.82, 2.24) is 5.32 Å². The van der Waals surface area contributed by atoms with Gasteiger partial charge in [0.15, 0.2) is 6.29 Å². The van der Waals surface area contributed by atoms with E-state index in [1.165, 1.54) is 14.0 Å². The molecular weight excluding hydrogens is 238 g/mol. The van der Waals surface area contributed by atoms with E-state index in [0.29, 0.717) is 6.42 Å². The number of aliphatic hydroxyl groups is 2. The highest BCUT2D eigenvalue weighted by Gasteiger charge is 2.73. The van der Waals surface area contributed by atoms with Gasteiger partial charge in [-0.25, -0.2) is 0 Å². The second-order valence-corrected chi connectivity index (χ2v) is 5.70. The van der Waals surface area contributed by atoms with Gasteiger partial charge < -0.3 is 25.0 Å². The van der Waals surface area contributed by atoms with Gasteiger partial charge in [-0.2, -0.15) is 0 Å². The van der Waals surface area contributed by atoms with Crippen LogP contribution in [0.3, 0.4) is 0 Å². The molecule has 0 spiro atoms. The van der Waals surface area contributed by atoms with E-state index < -0.39 is 35.6 Å². The molecule has 3 N–H and O–H groups in total. The maximum atomic E-state index is 11.3. The molecule has 6 nitrogen and oxygen atoms in total. The van der Waals surface area contributed by atoms with Crippen LogP contribution in [0.4, 0.5) is 0 Å². The summed E-state index contributed by atoms with van der Waals surface area (Å²) in [6, 6.07) is -0.489. The molecule has 5 atom stereocenters. The van der Waals surface area contributed by atoms with Crippen molar-refractivity contribution in [3.63, 3.8) is 0 Å². The second kappa shape index (κ2) is 4.16. The van der Waals surface area contributed by atoms with Gasteiger partial charge in [0.05, 0.1) is 12.1 Å². The summed E-state index contributed by atoms with van der Waals surface area (Å²) in [5.41, 5.74) is -2.00. The molecule has 1 heterocycles. The van der Waals surface area contributed by atoms with Crippen molar-refractivity contribution in [3.8, 4) is 0 Å². The SMILES string of the molecule is CO[C@@H]1C[C@@H](NC(C)=O)[C@]2(O)[C@H](O1)C(O)C2(C)C. The molecule has 0 radical (unpaired) electrons. The van der Waals surface area contributed by atoms with Gasteiger partial charge in [-0.1, -0.05) is 13.8 Å². The summed E-state index contributed by atoms with van der Waals surface area (Å²) >= 11 is 0. The van der Waals surface area contributed by atoms with Gasteiger partial charge in [-0.05, 0) is 0 Å². The molecule has 104 valence electrons. The lowest BCUT2D eigenvalue weighted by molar-refractivity contribution is -0.378. The Kier molecular flexibility index (Phi) is 3.18. The Balaban J connectivity index is 2.28. The smallest absolute Gasteiger partial charge is 0.217 e. The van der Waals surface area contributed by atoms with Gasteiger partial charge >= 0.3 is 0 Å². The first kappa shape index (κ1) is 13.7. The minimum atomic E-state index is -1.27. The van der Waals surface area contributed by atoms with Crippen molar-refractivity contribution >= 4 is 5.91 Å². The van der Waals surface area contributed by atoms with E-state index in [2.05, 4.69) is 5.32 Å². The minimum absolute atomic E-state index is 0.221. The second-order valence-electron chi connectivity index (χ2n) is 5.70. The molecule has 1 amide bonds. The summed E-state index contributed by atoms with van der Waals surface area (Å²) in [6.07, 6.45) is -1.68. The topological polar surface area (TPSA) is 88.0 Å². The number of rotatable bonds is 2. The Morgan fingerprint density at radius 1 is 1.50 bits per heavy atom. The summed E-state index contributed by atoms with van der Waals surface area (Å²) in [7, 11) is 1.50. The quantitative estimate of drug-likeness (QED) is 0.615. The number of hydrogen-bond acceptors (Lipinski definition) is 5. The van der Waals surface area contributed by atoms with Crippen LogP contribution in [0.15, 0.2) is 0 Å². The molecule has 1 saturated carbocycles. The summed E-state index contributed by atoms with van der Waals surface area (Å²) in [6.45, 7) is 4.93. The molecule has 0 aromatic heterocycles. The fourth-order valence-corrected chi connectivity index (χ4v) is 3.11. The van der Waals surface area contributed by atoms with Crippen LogP contribution in [0, 0.1) is 5.41 Å². The van der Waals surface area contributed by atoms with E-state index in [4.69, 9.17) is 9.47 Å². The van der Waals surface area contributed by atoms with E-state index in [9.17, 15) is 15.0 Å². The van der Waals surface area contributed by atoms with Crippen molar-refractivity contribution in [2.75, 3.05) is 7.11 Å². The summed E-state index contributed by atoms with van der Waals surface area (Å²) < 4.78 is 10.6. The summed E-state index contributed by atoms with van der Waals surface area (Å²) in [5, 5.41) is 23.6. The molecule has 0 bridgehead atoms. The number of carbonyl (C=O) groups excluding carboxylic acids is 1. The lowest BCUT2D eigenvalue weighted by atomic mass is 9.50. The Hall–Kier alpha value is -0.690.